The van der Waals surface area contributed by atoms with Crippen LogP contribution in [0.25, 0.3) is 0 Å². The fourth-order valence-corrected chi connectivity index (χ4v) is 4.24. The van der Waals surface area contributed by atoms with Crippen molar-refractivity contribution in [3.63, 3.8) is 0 Å². The molecule has 1 saturated heterocycles. The summed E-state index contributed by atoms with van der Waals surface area (Å²) in [4.78, 5) is 41.5. The Morgan fingerprint density at radius 3 is 2.49 bits per heavy atom. The minimum absolute atomic E-state index is 0.0284. The van der Waals surface area contributed by atoms with Crippen molar-refractivity contribution in [1.29, 1.82) is 0 Å². The van der Waals surface area contributed by atoms with Crippen LogP contribution in [0.5, 0.6) is 5.75 Å². The topological polar surface area (TPSA) is 112 Å². The second-order valence-corrected chi connectivity index (χ2v) is 8.57. The molecule has 0 spiro atoms. The SMILES string of the molecule is CCOc1ccc(N2C(=O)C(CC(=O)Nc3ccc(Cl)cc3)N(Cc3c(=O)o[nH][n+]3C)C2=S)cc1. The highest BCUT2D eigenvalue weighted by molar-refractivity contribution is 7.80. The first-order valence-corrected chi connectivity index (χ1v) is 11.6. The summed E-state index contributed by atoms with van der Waals surface area (Å²) in [7, 11) is 1.60. The van der Waals surface area contributed by atoms with Crippen molar-refractivity contribution < 1.29 is 23.5 Å². The second-order valence-electron chi connectivity index (χ2n) is 7.77. The Hall–Kier alpha value is -3.70. The van der Waals surface area contributed by atoms with Gasteiger partial charge in [0.2, 0.25) is 5.91 Å². The third-order valence-electron chi connectivity index (χ3n) is 5.47. The van der Waals surface area contributed by atoms with Crippen LogP contribution in [-0.4, -0.2) is 39.7 Å². The molecule has 35 heavy (non-hydrogen) atoms. The predicted octanol–water partition coefficient (Wildman–Crippen LogP) is 2.38. The molecule has 0 radical (unpaired) electrons. The number of nitrogens with one attached hydrogen (secondary N) is 2. The van der Waals surface area contributed by atoms with Gasteiger partial charge in [-0.05, 0) is 72.9 Å². The first-order chi connectivity index (χ1) is 16.8. The molecule has 1 aliphatic heterocycles. The zero-order valence-electron chi connectivity index (χ0n) is 19.0. The monoisotopic (exact) mass is 516 g/mol. The van der Waals surface area contributed by atoms with Crippen molar-refractivity contribution in [1.82, 2.24) is 10.2 Å². The first kappa shape index (κ1) is 24.4. The third kappa shape index (κ3) is 5.20. The van der Waals surface area contributed by atoms with Gasteiger partial charge in [0.25, 0.3) is 5.91 Å². The Kier molecular flexibility index (Phi) is 7.17. The van der Waals surface area contributed by atoms with Gasteiger partial charge in [-0.3, -0.25) is 19.0 Å². The lowest BCUT2D eigenvalue weighted by Gasteiger charge is -2.21. The Morgan fingerprint density at radius 1 is 1.20 bits per heavy atom. The van der Waals surface area contributed by atoms with Crippen molar-refractivity contribution in [3.05, 3.63) is 69.7 Å². The number of hydrogen-bond donors (Lipinski definition) is 2. The number of halogens is 1. The summed E-state index contributed by atoms with van der Waals surface area (Å²) in [6.07, 6.45) is -0.186. The number of anilines is 2. The number of hydrogen-bond acceptors (Lipinski definition) is 6. The molecule has 2 heterocycles. The number of carbonyl (C=O) groups is 2. The standard InChI is InChI=1S/C23H22ClN5O5S/c1-3-33-17-10-8-16(9-11-17)29-21(31)18(12-20(30)25-15-6-4-14(24)5-7-15)28(23(29)35)13-19-22(32)34-26-27(19)2/h4-11,18H,3,12-13H2,1-2H3,(H-,25,26,30,32)/p+1. The highest BCUT2D eigenvalue weighted by atomic mass is 35.5. The average Bonchev–Trinajstić information content (AvgIpc) is 3.27. The fraction of sp³-hybridized carbons (Fsp3) is 0.261. The van der Waals surface area contributed by atoms with Crippen LogP contribution >= 0.6 is 23.8 Å². The van der Waals surface area contributed by atoms with Crippen molar-refractivity contribution in [2.24, 2.45) is 7.05 Å². The van der Waals surface area contributed by atoms with E-state index in [-0.39, 0.29) is 29.7 Å². The zero-order chi connectivity index (χ0) is 25.1. The Bertz CT molecular complexity index is 1310. The molecular formula is C23H23ClN5O5S+. The molecule has 1 aliphatic rings. The number of aryl methyl sites for hydroxylation is 1. The van der Waals surface area contributed by atoms with Gasteiger partial charge in [0.15, 0.2) is 12.2 Å². The summed E-state index contributed by atoms with van der Waals surface area (Å²) in [5, 5.41) is 5.92. The van der Waals surface area contributed by atoms with E-state index in [1.165, 1.54) is 9.58 Å². The normalized spacial score (nSPS) is 15.6. The first-order valence-electron chi connectivity index (χ1n) is 10.8. The van der Waals surface area contributed by atoms with E-state index in [0.717, 1.165) is 0 Å². The van der Waals surface area contributed by atoms with Gasteiger partial charge in [0.1, 0.15) is 18.3 Å². The molecule has 1 atom stereocenters. The van der Waals surface area contributed by atoms with Gasteiger partial charge in [-0.1, -0.05) is 16.3 Å². The Labute approximate surface area is 211 Å². The lowest BCUT2D eigenvalue weighted by atomic mass is 10.1. The quantitative estimate of drug-likeness (QED) is 0.349. The van der Waals surface area contributed by atoms with Gasteiger partial charge in [-0.15, -0.1) is 0 Å². The molecule has 12 heteroatoms. The van der Waals surface area contributed by atoms with Gasteiger partial charge in [-0.2, -0.15) is 0 Å². The summed E-state index contributed by atoms with van der Waals surface area (Å²) in [6.45, 7) is 2.36. The maximum Gasteiger partial charge on any atom is 0.431 e. The molecule has 1 unspecified atom stereocenters. The summed E-state index contributed by atoms with van der Waals surface area (Å²) in [5.41, 5.74) is 0.725. The lowest BCUT2D eigenvalue weighted by Crippen LogP contribution is -2.44. The molecule has 4 rings (SSSR count). The van der Waals surface area contributed by atoms with E-state index in [4.69, 9.17) is 33.1 Å². The molecule has 0 saturated carbocycles. The molecule has 2 aromatic carbocycles. The average molecular weight is 517 g/mol. The molecule has 0 bridgehead atoms. The largest absolute Gasteiger partial charge is 0.494 e. The van der Waals surface area contributed by atoms with E-state index >= 15 is 0 Å². The van der Waals surface area contributed by atoms with Crippen molar-refractivity contribution in [2.45, 2.75) is 25.9 Å². The number of aromatic nitrogens is 2. The Morgan fingerprint density at radius 2 is 1.89 bits per heavy atom. The number of aromatic amines is 1. The van der Waals surface area contributed by atoms with E-state index < -0.39 is 17.6 Å². The van der Waals surface area contributed by atoms with Crippen LogP contribution in [-0.2, 0) is 23.2 Å². The number of thiocarbonyl (C=S) groups is 1. The van der Waals surface area contributed by atoms with E-state index in [9.17, 15) is 14.4 Å². The molecule has 2 N–H and O–H groups in total. The van der Waals surface area contributed by atoms with Gasteiger partial charge in [0, 0.05) is 10.7 Å². The van der Waals surface area contributed by atoms with Crippen LogP contribution in [0.4, 0.5) is 11.4 Å². The predicted molar refractivity (Wildman–Crippen MR) is 132 cm³/mol. The second kappa shape index (κ2) is 10.3. The molecule has 2 amide bonds. The van der Waals surface area contributed by atoms with E-state index in [1.807, 2.05) is 6.92 Å². The van der Waals surface area contributed by atoms with Crippen molar-refractivity contribution >= 4 is 52.1 Å². The third-order valence-corrected chi connectivity index (χ3v) is 6.14. The molecule has 0 aliphatic carbocycles. The smallest absolute Gasteiger partial charge is 0.431 e. The summed E-state index contributed by atoms with van der Waals surface area (Å²) < 4.78 is 11.7. The fourth-order valence-electron chi connectivity index (χ4n) is 3.72. The zero-order valence-corrected chi connectivity index (χ0v) is 20.6. The highest BCUT2D eigenvalue weighted by Crippen LogP contribution is 2.29. The molecule has 1 fully saturated rings. The van der Waals surface area contributed by atoms with E-state index in [1.54, 1.807) is 60.5 Å². The molecule has 10 nitrogen and oxygen atoms in total. The number of carbonyl (C=O) groups excluding carboxylic acids is 2. The van der Waals surface area contributed by atoms with Crippen LogP contribution in [0, 0.1) is 0 Å². The number of amides is 2. The summed E-state index contributed by atoms with van der Waals surface area (Å²) in [5.74, 6) is -0.119. The van der Waals surface area contributed by atoms with Gasteiger partial charge in [-0.25, -0.2) is 4.79 Å². The minimum Gasteiger partial charge on any atom is -0.494 e. The molecule has 182 valence electrons. The minimum atomic E-state index is -0.935. The summed E-state index contributed by atoms with van der Waals surface area (Å²) >= 11 is 11.5. The maximum atomic E-state index is 13.5. The van der Waals surface area contributed by atoms with Crippen LogP contribution in [0.3, 0.4) is 0 Å². The maximum absolute atomic E-state index is 13.5. The Balaban J connectivity index is 1.61. The highest BCUT2D eigenvalue weighted by Gasteiger charge is 2.45. The van der Waals surface area contributed by atoms with Crippen molar-refractivity contribution in [2.75, 3.05) is 16.8 Å². The van der Waals surface area contributed by atoms with Gasteiger partial charge < -0.3 is 15.0 Å². The summed E-state index contributed by atoms with van der Waals surface area (Å²) in [6, 6.07) is 12.6. The molecule has 3 aromatic rings. The van der Waals surface area contributed by atoms with E-state index in [2.05, 4.69) is 10.6 Å². The van der Waals surface area contributed by atoms with Crippen molar-refractivity contribution in [3.8, 4) is 5.75 Å². The number of benzene rings is 2. The van der Waals surface area contributed by atoms with Crippen LogP contribution in [0.15, 0.2) is 57.8 Å². The van der Waals surface area contributed by atoms with Crippen LogP contribution in [0.1, 0.15) is 19.0 Å². The van der Waals surface area contributed by atoms with Gasteiger partial charge >= 0.3 is 11.3 Å². The number of H-pyrrole nitrogens is 1. The van der Waals surface area contributed by atoms with E-state index in [0.29, 0.717) is 28.8 Å². The number of rotatable bonds is 8. The number of ether oxygens (including phenoxy) is 1. The van der Waals surface area contributed by atoms with Crippen LogP contribution in [0.2, 0.25) is 5.02 Å². The number of nitrogens with zero attached hydrogens (tertiary/aromatic N) is 3. The lowest BCUT2D eigenvalue weighted by molar-refractivity contribution is -0.746. The molecular weight excluding hydrogens is 494 g/mol. The van der Waals surface area contributed by atoms with Gasteiger partial charge in [0.05, 0.1) is 18.7 Å². The molecule has 1 aromatic heterocycles. The van der Waals surface area contributed by atoms with Crippen LogP contribution < -0.4 is 25.3 Å².